The molecule has 2 heterocycles. The second kappa shape index (κ2) is 19.0. The molecular formula is C34H39Cl3F6O10P2S2. The molecule has 2 atom stereocenters. The summed E-state index contributed by atoms with van der Waals surface area (Å²) < 4.78 is 107. The first kappa shape index (κ1) is 50.9. The van der Waals surface area contributed by atoms with Gasteiger partial charge < -0.3 is 37.6 Å². The fourth-order valence-corrected chi connectivity index (χ4v) is 7.70. The molecule has 0 bridgehead atoms. The molecule has 0 amide bonds. The molecule has 2 aromatic carbocycles. The zero-order chi connectivity index (χ0) is 44.3. The van der Waals surface area contributed by atoms with E-state index in [0.717, 1.165) is 11.1 Å². The van der Waals surface area contributed by atoms with Crippen LogP contribution in [-0.2, 0) is 56.2 Å². The predicted molar refractivity (Wildman–Crippen MR) is 214 cm³/mol. The number of hydrogen-bond donors (Lipinski definition) is 1. The van der Waals surface area contributed by atoms with E-state index in [2.05, 4.69) is 16.3 Å². The number of carbonyl (C=O) groups excluding carboxylic acids is 2. The molecule has 0 fully saturated rings. The molecule has 23 heteroatoms. The summed E-state index contributed by atoms with van der Waals surface area (Å²) in [5, 5.41) is 10.7. The van der Waals surface area contributed by atoms with Gasteiger partial charge in [-0.3, -0.25) is 0 Å². The van der Waals surface area contributed by atoms with Crippen LogP contribution in [0.3, 0.4) is 0 Å². The maximum atomic E-state index is 12.6. The normalized spacial score (nSPS) is 18.3. The van der Waals surface area contributed by atoms with Crippen LogP contribution in [0.2, 0.25) is 10.0 Å². The van der Waals surface area contributed by atoms with Crippen LogP contribution < -0.4 is 9.47 Å². The summed E-state index contributed by atoms with van der Waals surface area (Å²) in [5.41, 5.74) is -2.74. The second-order valence-electron chi connectivity index (χ2n) is 13.3. The highest BCUT2D eigenvalue weighted by Crippen LogP contribution is 2.54. The minimum Gasteiger partial charge on any atom is -0.507 e. The van der Waals surface area contributed by atoms with Crippen LogP contribution in [0.25, 0.3) is 11.1 Å². The summed E-state index contributed by atoms with van der Waals surface area (Å²) >= 11 is 27.3. The average molecular weight is 954 g/mol. The van der Waals surface area contributed by atoms with Gasteiger partial charge in [-0.15, -0.1) is 0 Å². The van der Waals surface area contributed by atoms with Crippen LogP contribution in [0.5, 0.6) is 11.5 Å². The van der Waals surface area contributed by atoms with E-state index < -0.39 is 60.8 Å². The van der Waals surface area contributed by atoms with Crippen molar-refractivity contribution < 1.29 is 73.6 Å². The first-order valence-corrected chi connectivity index (χ1v) is 23.9. The number of aliphatic hydroxyl groups is 1. The van der Waals surface area contributed by atoms with Gasteiger partial charge in [-0.05, 0) is 88.7 Å². The molecule has 1 N–H and O–H groups in total. The van der Waals surface area contributed by atoms with E-state index in [1.807, 2.05) is 6.92 Å². The molecule has 0 aliphatic carbocycles. The summed E-state index contributed by atoms with van der Waals surface area (Å²) in [6.45, 7) is 6.12. The van der Waals surface area contributed by atoms with Crippen LogP contribution in [0, 0.1) is 13.8 Å². The van der Waals surface area contributed by atoms with Crippen molar-refractivity contribution in [1.29, 1.82) is 0 Å². The fraction of sp³-hybridized carbons (Fsp3) is 0.471. The Balaban J connectivity index is 0.000000332. The number of esters is 2. The largest absolute Gasteiger partial charge is 0.507 e. The van der Waals surface area contributed by atoms with Crippen molar-refractivity contribution in [1.82, 2.24) is 0 Å². The van der Waals surface area contributed by atoms with Crippen LogP contribution in [-0.4, -0.2) is 81.4 Å². The van der Waals surface area contributed by atoms with Crippen LogP contribution in [0.15, 0.2) is 35.8 Å². The van der Waals surface area contributed by atoms with Gasteiger partial charge in [-0.1, -0.05) is 46.2 Å². The van der Waals surface area contributed by atoms with Gasteiger partial charge in [0.15, 0.2) is 29.3 Å². The van der Waals surface area contributed by atoms with Crippen LogP contribution in [0.1, 0.15) is 49.9 Å². The molecule has 10 nitrogen and oxygen atoms in total. The molecule has 2 aromatic rings. The number of ether oxygens (including phenoxy) is 4. The lowest BCUT2D eigenvalue weighted by Crippen LogP contribution is -2.24. The van der Waals surface area contributed by atoms with E-state index in [4.69, 9.17) is 74.2 Å². The minimum atomic E-state index is -4.57. The third-order valence-corrected chi connectivity index (χ3v) is 10.6. The van der Waals surface area contributed by atoms with Crippen molar-refractivity contribution in [2.75, 3.05) is 40.8 Å². The Labute approximate surface area is 350 Å². The lowest BCUT2D eigenvalue weighted by Gasteiger charge is -2.27. The molecular weight excluding hydrogens is 915 g/mol. The van der Waals surface area contributed by atoms with E-state index >= 15 is 0 Å². The number of aliphatic hydroxyl groups excluding tert-OH is 1. The molecule has 0 radical (unpaired) electrons. The number of benzene rings is 2. The van der Waals surface area contributed by atoms with E-state index in [9.17, 15) is 41.0 Å². The van der Waals surface area contributed by atoms with Crippen molar-refractivity contribution in [2.45, 2.75) is 65.1 Å². The topological polar surface area (TPSA) is 119 Å². The molecule has 0 saturated carbocycles. The number of halogens is 9. The molecule has 2 aliphatic heterocycles. The Bertz CT molecular complexity index is 2030. The van der Waals surface area contributed by atoms with Gasteiger partial charge in [0.05, 0.1) is 35.4 Å². The highest BCUT2D eigenvalue weighted by Gasteiger charge is 2.47. The number of aryl methyl sites for hydroxylation is 2. The summed E-state index contributed by atoms with van der Waals surface area (Å²) in [6.07, 6.45) is -8.91. The highest BCUT2D eigenvalue weighted by atomic mass is 35.7. The maximum absolute atomic E-state index is 12.6. The summed E-state index contributed by atoms with van der Waals surface area (Å²) in [7, 11) is 2.88. The number of methoxy groups -OCH3 is 2. The van der Waals surface area contributed by atoms with E-state index in [1.54, 1.807) is 45.0 Å². The van der Waals surface area contributed by atoms with Crippen molar-refractivity contribution in [2.24, 2.45) is 0 Å². The zero-order valence-electron chi connectivity index (χ0n) is 32.0. The average Bonchev–Trinajstić information content (AvgIpc) is 3.37. The van der Waals surface area contributed by atoms with Gasteiger partial charge in [-0.25, -0.2) is 9.59 Å². The number of alkyl halides is 6. The number of hydrogen-bond acceptors (Lipinski definition) is 12. The molecule has 2 aliphatic rings. The van der Waals surface area contributed by atoms with E-state index in [1.165, 1.54) is 41.4 Å². The third-order valence-electron chi connectivity index (χ3n) is 7.20. The second-order valence-corrected chi connectivity index (χ2v) is 24.4. The summed E-state index contributed by atoms with van der Waals surface area (Å²) in [6, 6.07) is 6.73. The standard InChI is InChI=1S/C17H19ClF3O5PS.C14H15ClO4.C3H5ClF3OPS/c1-9-6-10(18)12(11(7-9)23-4)13-14(16(2,3)25-15(13)22)26-27(5,28)24-8-17(19,20)21;1-7-5-8(15)10(9(6-7)18-4)11-12(16)14(2,3)19-13(11)17;1-9(4,10)8-2-3(5,6)7/h6-7H,8H2,1-5H3;5-6,16H,1-4H3;2H2,1H3. The number of cyclic esters (lactones) is 2. The van der Waals surface area contributed by atoms with Gasteiger partial charge >= 0.3 is 24.3 Å². The van der Waals surface area contributed by atoms with E-state index in [0.29, 0.717) is 16.3 Å². The molecule has 0 spiro atoms. The van der Waals surface area contributed by atoms with Crippen molar-refractivity contribution in [3.05, 3.63) is 68.1 Å². The van der Waals surface area contributed by atoms with Crippen LogP contribution in [0.4, 0.5) is 26.3 Å². The smallest absolute Gasteiger partial charge is 0.412 e. The molecule has 2 unspecified atom stereocenters. The van der Waals surface area contributed by atoms with Crippen molar-refractivity contribution >= 4 is 93.3 Å². The summed E-state index contributed by atoms with van der Waals surface area (Å²) in [4.78, 5) is 24.5. The molecule has 0 aromatic heterocycles. The Kier molecular flexibility index (Phi) is 16.9. The first-order valence-electron chi connectivity index (χ1n) is 16.0. The lowest BCUT2D eigenvalue weighted by molar-refractivity contribution is -0.153. The SMILES string of the molecule is COc1cc(C)cc(Cl)c1C1=C(O)C(C)(C)OC1=O.COc1cc(C)cc(Cl)c1C1=C(OP(C)(=S)OCC(F)(F)F)C(C)(C)OC1=O.CP(=S)(Cl)OCC(F)(F)F. The maximum Gasteiger partial charge on any atom is 0.412 e. The van der Waals surface area contributed by atoms with E-state index in [-0.39, 0.29) is 39.0 Å². The van der Waals surface area contributed by atoms with Gasteiger partial charge in [0, 0.05) is 13.3 Å². The van der Waals surface area contributed by atoms with Gasteiger partial charge in [0.2, 0.25) is 6.49 Å². The monoisotopic (exact) mass is 952 g/mol. The van der Waals surface area contributed by atoms with Crippen molar-refractivity contribution in [3.63, 3.8) is 0 Å². The third kappa shape index (κ3) is 14.8. The number of rotatable bonds is 10. The van der Waals surface area contributed by atoms with Gasteiger partial charge in [-0.2, -0.15) is 26.3 Å². The molecule has 0 saturated heterocycles. The Morgan fingerprint density at radius 1 is 0.737 bits per heavy atom. The summed E-state index contributed by atoms with van der Waals surface area (Å²) in [5.74, 6) is -0.824. The highest BCUT2D eigenvalue weighted by molar-refractivity contribution is 8.24. The minimum absolute atomic E-state index is 0.0467. The lowest BCUT2D eigenvalue weighted by atomic mass is 9.98. The predicted octanol–water partition coefficient (Wildman–Crippen LogP) is 11.2. The molecule has 320 valence electrons. The quantitative estimate of drug-likeness (QED) is 0.139. The van der Waals surface area contributed by atoms with Crippen LogP contribution >= 0.6 is 46.6 Å². The Hall–Kier alpha value is -2.27. The van der Waals surface area contributed by atoms with Crippen molar-refractivity contribution in [3.8, 4) is 11.5 Å². The number of carbonyl (C=O) groups is 2. The van der Waals surface area contributed by atoms with Gasteiger partial charge in [0.1, 0.15) is 34.9 Å². The van der Waals surface area contributed by atoms with Gasteiger partial charge in [0.25, 0.3) is 0 Å². The molecule has 57 heavy (non-hydrogen) atoms. The Morgan fingerprint density at radius 2 is 1.12 bits per heavy atom. The zero-order valence-corrected chi connectivity index (χ0v) is 37.6. The Morgan fingerprint density at radius 3 is 1.47 bits per heavy atom. The molecule has 4 rings (SSSR count). The first-order chi connectivity index (χ1) is 25.6. The fourth-order valence-electron chi connectivity index (χ4n) is 4.84.